The smallest absolute Gasteiger partial charge is 0.255 e. The summed E-state index contributed by atoms with van der Waals surface area (Å²) in [6, 6.07) is 27.8. The zero-order chi connectivity index (χ0) is 71.8. The molecule has 3 atom stereocenters. The number of sulfonamides is 3. The summed E-state index contributed by atoms with van der Waals surface area (Å²) in [7, 11) is -1.40. The van der Waals surface area contributed by atoms with Gasteiger partial charge in [0.1, 0.15) is 51.5 Å². The van der Waals surface area contributed by atoms with Gasteiger partial charge in [0, 0.05) is 131 Å². The third-order valence-electron chi connectivity index (χ3n) is 17.9. The number of hydrogen-bond donors (Lipinski definition) is 6. The third kappa shape index (κ3) is 16.9. The number of carbonyl (C=O) groups is 3. The molecule has 6 aromatic carbocycles. The number of rotatable bonds is 15. The van der Waals surface area contributed by atoms with Gasteiger partial charge >= 0.3 is 0 Å². The van der Waals surface area contributed by atoms with E-state index in [2.05, 4.69) is 31.9 Å². The number of furan rings is 3. The van der Waals surface area contributed by atoms with Crippen molar-refractivity contribution in [2.24, 2.45) is 0 Å². The van der Waals surface area contributed by atoms with E-state index in [1.165, 1.54) is 97.9 Å². The molecule has 0 spiro atoms. The Balaban J connectivity index is 0.000000170. The first-order valence-corrected chi connectivity index (χ1v) is 38.5. The second kappa shape index (κ2) is 31.8. The van der Waals surface area contributed by atoms with Crippen LogP contribution >= 0.6 is 12.1 Å². The van der Waals surface area contributed by atoms with Crippen molar-refractivity contribution in [3.8, 4) is 34.0 Å². The van der Waals surface area contributed by atoms with Crippen molar-refractivity contribution in [1.29, 1.82) is 0 Å². The van der Waals surface area contributed by atoms with Crippen LogP contribution in [0.5, 0.6) is 0 Å². The number of piperidine rings is 3. The second-order valence-corrected chi connectivity index (χ2v) is 30.7. The zero-order valence-electron chi connectivity index (χ0n) is 56.5. The number of fused-ring (bicyclic) bond motifs is 3. The molecule has 3 aromatic heterocycles. The molecule has 21 nitrogen and oxygen atoms in total. The predicted octanol–water partition coefficient (Wildman–Crippen LogP) is 11.6. The van der Waals surface area contributed by atoms with E-state index in [1.807, 2.05) is 18.2 Å². The molecule has 6 N–H and O–H groups in total. The van der Waals surface area contributed by atoms with Gasteiger partial charge in [-0.25, -0.2) is 38.4 Å². The molecule has 6 heterocycles. The lowest BCUT2D eigenvalue weighted by molar-refractivity contribution is 0.0956. The Morgan fingerprint density at radius 2 is 0.677 bits per heavy atom. The minimum Gasteiger partial charge on any atom is -0.455 e. The highest BCUT2D eigenvalue weighted by Crippen LogP contribution is 2.45. The lowest BCUT2D eigenvalue weighted by Crippen LogP contribution is -2.31. The van der Waals surface area contributed by atoms with E-state index in [-0.39, 0.29) is 47.6 Å². The fourth-order valence-corrected chi connectivity index (χ4v) is 14.1. The molecule has 3 aliphatic heterocycles. The van der Waals surface area contributed by atoms with Crippen LogP contribution in [0.4, 0.5) is 34.1 Å². The summed E-state index contributed by atoms with van der Waals surface area (Å²) in [5, 5.41) is 19.8. The molecule has 99 heavy (non-hydrogen) atoms. The molecule has 530 valence electrons. The maximum atomic E-state index is 13.5. The number of benzene rings is 6. The molecule has 0 radical (unpaired) electrons. The Kier molecular flexibility index (Phi) is 24.0. The quantitative estimate of drug-likeness (QED) is 0.0521. The normalized spacial score (nSPS) is 16.5. The lowest BCUT2D eigenvalue weighted by Gasteiger charge is -2.28. The highest BCUT2D eigenvalue weighted by atomic mass is 32.2. The van der Waals surface area contributed by atoms with Crippen LogP contribution in [0.1, 0.15) is 104 Å². The Morgan fingerprint density at radius 1 is 0.444 bits per heavy atom. The van der Waals surface area contributed by atoms with Gasteiger partial charge < -0.3 is 45.2 Å². The second-order valence-electron chi connectivity index (χ2n) is 24.4. The molecule has 0 saturated carbocycles. The van der Waals surface area contributed by atoms with Gasteiger partial charge in [0.25, 0.3) is 17.7 Å². The number of nitrogens with zero attached hydrogens (tertiary/aromatic N) is 3. The van der Waals surface area contributed by atoms with Crippen molar-refractivity contribution in [2.45, 2.75) is 56.3 Å². The van der Waals surface area contributed by atoms with Gasteiger partial charge in [0.05, 0.1) is 52.5 Å². The minimum atomic E-state index is -3.52. The zero-order valence-corrected chi connectivity index (χ0v) is 59.8. The number of nitrogens with one attached hydrogen (secondary N) is 6. The van der Waals surface area contributed by atoms with Gasteiger partial charge in [-0.3, -0.25) is 27.3 Å². The molecule has 29 heteroatoms. The van der Waals surface area contributed by atoms with Gasteiger partial charge in [0.15, 0.2) is 0 Å². The molecule has 12 rings (SSSR count). The van der Waals surface area contributed by atoms with E-state index in [9.17, 15) is 56.7 Å². The van der Waals surface area contributed by atoms with Gasteiger partial charge in [-0.2, -0.15) is 3.89 Å². The summed E-state index contributed by atoms with van der Waals surface area (Å²) in [5.41, 5.74) is 7.96. The van der Waals surface area contributed by atoms with Crippen LogP contribution in [0.2, 0.25) is 0 Å². The van der Waals surface area contributed by atoms with Crippen molar-refractivity contribution in [3.05, 3.63) is 160 Å². The number of hydrogen-bond acceptors (Lipinski definition) is 16. The average Bonchev–Trinajstić information content (AvgIpc) is 1.64. The van der Waals surface area contributed by atoms with E-state index < -0.39 is 47.5 Å². The first-order chi connectivity index (χ1) is 47.0. The Labute approximate surface area is 578 Å². The van der Waals surface area contributed by atoms with E-state index in [0.29, 0.717) is 120 Å². The summed E-state index contributed by atoms with van der Waals surface area (Å²) >= 11 is 0.250. The Bertz CT molecular complexity index is 4290. The molecular formula is C70H81F4N9O12S4. The summed E-state index contributed by atoms with van der Waals surface area (Å²) in [6.45, 7) is 4.90. The van der Waals surface area contributed by atoms with Crippen LogP contribution in [0.15, 0.2) is 122 Å². The Hall–Kier alpha value is -8.45. The SMILES string of the molecule is CNC(=O)c1c(-c2ccc(F)cc2)oc2cc(N(C)S(C)(=O)=O)c(C3CCCNC3)cc12.CNC(=O)c1c(-c2ccc(F)cc2)oc2cc(N(C)S(C)(=O)=O)c([C@@H]3CCCNC3)cc12.CNC(=O)c1c(-c2ccc(F)cc2)oc2cc(N(C)S(C)(=O)=O)c([C@H]3CCCNC3)cc12.CSF. The van der Waals surface area contributed by atoms with Gasteiger partial charge in [-0.05, 0) is 184 Å². The molecule has 3 fully saturated rings. The summed E-state index contributed by atoms with van der Waals surface area (Å²) in [5.74, 6) is -0.970. The standard InChI is InChI=1S/3C23H26FN3O4S.CH3FS/c3*1-25-23(28)21-18-11-17(15-5-4-10-26-13-15)19(27(2)32(3,29)30)12-20(18)31-22(21)14-6-8-16(24)9-7-14;1-3-2/h3*6-9,11-12,15,26H,4-5,10,13H2,1-3H3,(H,25,28);1H3/t2*15-;;/m10../s1. The van der Waals surface area contributed by atoms with Crippen LogP contribution < -0.4 is 44.8 Å². The number of halogens is 4. The first-order valence-electron chi connectivity index (χ1n) is 31.9. The van der Waals surface area contributed by atoms with Crippen LogP contribution in [0, 0.1) is 17.5 Å². The number of carbonyl (C=O) groups excluding carboxylic acids is 3. The molecule has 3 amide bonds. The summed E-state index contributed by atoms with van der Waals surface area (Å²) in [6.07, 6.45) is 10.5. The highest BCUT2D eigenvalue weighted by molar-refractivity contribution is 7.93. The highest BCUT2D eigenvalue weighted by Gasteiger charge is 2.33. The molecule has 9 aromatic rings. The fraction of sp³-hybridized carbons (Fsp3) is 0.357. The third-order valence-corrected chi connectivity index (χ3v) is 21.5. The molecule has 3 aliphatic rings. The first kappa shape index (κ1) is 74.8. The van der Waals surface area contributed by atoms with Crippen LogP contribution in [0.3, 0.4) is 0 Å². The largest absolute Gasteiger partial charge is 0.455 e. The van der Waals surface area contributed by atoms with E-state index in [4.69, 9.17) is 13.3 Å². The molecule has 0 aliphatic carbocycles. The molecule has 1 unspecified atom stereocenters. The van der Waals surface area contributed by atoms with Crippen LogP contribution in [-0.4, -0.2) is 150 Å². The molecule has 0 bridgehead atoms. The van der Waals surface area contributed by atoms with Crippen LogP contribution in [-0.2, 0) is 30.1 Å². The number of amides is 3. The minimum absolute atomic E-state index is 0.0917. The fourth-order valence-electron chi connectivity index (χ4n) is 12.6. The Morgan fingerprint density at radius 3 is 0.869 bits per heavy atom. The van der Waals surface area contributed by atoms with Gasteiger partial charge in [-0.1, -0.05) is 0 Å². The molecule has 3 saturated heterocycles. The van der Waals surface area contributed by atoms with E-state index in [0.717, 1.165) is 93.6 Å². The van der Waals surface area contributed by atoms with Crippen molar-refractivity contribution < 1.29 is 69.9 Å². The van der Waals surface area contributed by atoms with Gasteiger partial charge in [-0.15, -0.1) is 0 Å². The van der Waals surface area contributed by atoms with Crippen molar-refractivity contribution in [1.82, 2.24) is 31.9 Å². The van der Waals surface area contributed by atoms with Crippen molar-refractivity contribution >= 4 is 110 Å². The summed E-state index contributed by atoms with van der Waals surface area (Å²) < 4.78 is 147. The average molecular weight is 1440 g/mol. The maximum Gasteiger partial charge on any atom is 0.255 e. The van der Waals surface area contributed by atoms with Crippen molar-refractivity contribution in [3.63, 3.8) is 0 Å². The molecular weight excluding hydrogens is 1360 g/mol. The number of anilines is 3. The van der Waals surface area contributed by atoms with Gasteiger partial charge in [0.2, 0.25) is 30.1 Å². The monoisotopic (exact) mass is 1440 g/mol. The lowest BCUT2D eigenvalue weighted by atomic mass is 9.89. The van der Waals surface area contributed by atoms with E-state index in [1.54, 1.807) is 54.6 Å². The van der Waals surface area contributed by atoms with Crippen molar-refractivity contribution in [2.75, 3.05) is 119 Å². The van der Waals surface area contributed by atoms with Crippen LogP contribution in [0.25, 0.3) is 66.9 Å². The summed E-state index contributed by atoms with van der Waals surface area (Å²) in [4.78, 5) is 38.6. The topological polar surface area (TPSA) is 275 Å². The predicted molar refractivity (Wildman–Crippen MR) is 384 cm³/mol. The van der Waals surface area contributed by atoms with E-state index >= 15 is 0 Å². The maximum absolute atomic E-state index is 13.5.